The fraction of sp³-hybridized carbons (Fsp3) is 0.600. The molecule has 2 aliphatic rings. The second-order valence-electron chi connectivity index (χ2n) is 5.52. The summed E-state index contributed by atoms with van der Waals surface area (Å²) in [6.07, 6.45) is 3.11. The van der Waals surface area contributed by atoms with Crippen LogP contribution in [0.5, 0.6) is 5.75 Å². The van der Waals surface area contributed by atoms with Crippen LogP contribution in [-0.4, -0.2) is 36.9 Å². The Morgan fingerprint density at radius 3 is 3.10 bits per heavy atom. The fourth-order valence-electron chi connectivity index (χ4n) is 3.01. The number of hydrogen-bond acceptors (Lipinski definition) is 4. The van der Waals surface area contributed by atoms with Gasteiger partial charge in [0.2, 0.25) is 0 Å². The average molecular weight is 297 g/mol. The normalized spacial score (nSPS) is 29.6. The molecule has 0 aliphatic carbocycles. The molecular weight excluding hydrogens is 277 g/mol. The molecule has 3 nitrogen and oxygen atoms in total. The van der Waals surface area contributed by atoms with Gasteiger partial charge in [0, 0.05) is 30.2 Å². The average Bonchev–Trinajstić information content (AvgIpc) is 2.87. The molecule has 0 amide bonds. The summed E-state index contributed by atoms with van der Waals surface area (Å²) in [7, 11) is 1.48. The predicted molar refractivity (Wildman–Crippen MR) is 80.2 cm³/mol. The molecule has 2 heterocycles. The molecule has 110 valence electrons. The lowest BCUT2D eigenvalue weighted by Gasteiger charge is -2.38. The second-order valence-corrected chi connectivity index (χ2v) is 6.62. The standard InChI is InChI=1S/C15H20FNO2S/c1-18-14-3-2-11(8-13(14)16)17-12-4-6-19-15(9-12)5-7-20-10-15/h2-3,8,12,17H,4-7,9-10H2,1H3. The van der Waals surface area contributed by atoms with Crippen LogP contribution in [0.3, 0.4) is 0 Å². The van der Waals surface area contributed by atoms with Crippen LogP contribution in [0.2, 0.25) is 0 Å². The zero-order valence-electron chi connectivity index (χ0n) is 11.7. The molecule has 3 rings (SSSR count). The molecule has 0 saturated carbocycles. The number of ether oxygens (including phenoxy) is 2. The molecule has 2 unspecified atom stereocenters. The van der Waals surface area contributed by atoms with Gasteiger partial charge in [-0.15, -0.1) is 0 Å². The molecular formula is C15H20FNO2S. The maximum atomic E-state index is 13.7. The summed E-state index contributed by atoms with van der Waals surface area (Å²) in [5.74, 6) is 2.23. The zero-order chi connectivity index (χ0) is 14.0. The number of thioether (sulfide) groups is 1. The first-order chi connectivity index (χ1) is 9.71. The van der Waals surface area contributed by atoms with Crippen molar-refractivity contribution in [1.82, 2.24) is 0 Å². The van der Waals surface area contributed by atoms with Gasteiger partial charge >= 0.3 is 0 Å². The largest absolute Gasteiger partial charge is 0.494 e. The molecule has 0 radical (unpaired) electrons. The van der Waals surface area contributed by atoms with E-state index < -0.39 is 0 Å². The van der Waals surface area contributed by atoms with Crippen LogP contribution >= 0.6 is 11.8 Å². The Morgan fingerprint density at radius 2 is 2.40 bits per heavy atom. The van der Waals surface area contributed by atoms with E-state index in [-0.39, 0.29) is 17.2 Å². The maximum absolute atomic E-state index is 13.7. The Labute approximate surface area is 123 Å². The van der Waals surface area contributed by atoms with Crippen LogP contribution < -0.4 is 10.1 Å². The van der Waals surface area contributed by atoms with Gasteiger partial charge in [0.1, 0.15) is 0 Å². The van der Waals surface area contributed by atoms with Crippen molar-refractivity contribution < 1.29 is 13.9 Å². The molecule has 2 aliphatic heterocycles. The third kappa shape index (κ3) is 2.88. The minimum atomic E-state index is -0.323. The van der Waals surface area contributed by atoms with Gasteiger partial charge in [-0.05, 0) is 37.1 Å². The number of methoxy groups -OCH3 is 1. The summed E-state index contributed by atoms with van der Waals surface area (Å²) in [4.78, 5) is 0. The van der Waals surface area contributed by atoms with Crippen molar-refractivity contribution in [3.05, 3.63) is 24.0 Å². The number of halogens is 1. The SMILES string of the molecule is COc1ccc(NC2CCOC3(CCSC3)C2)cc1F. The van der Waals surface area contributed by atoms with Crippen LogP contribution in [0.15, 0.2) is 18.2 Å². The highest BCUT2D eigenvalue weighted by Gasteiger charge is 2.40. The Bertz CT molecular complexity index is 477. The summed E-state index contributed by atoms with van der Waals surface area (Å²) >= 11 is 1.97. The summed E-state index contributed by atoms with van der Waals surface area (Å²) < 4.78 is 24.6. The van der Waals surface area contributed by atoms with Crippen molar-refractivity contribution in [2.75, 3.05) is 30.5 Å². The molecule has 1 N–H and O–H groups in total. The highest BCUT2D eigenvalue weighted by atomic mass is 32.2. The Hall–Kier alpha value is -0.940. The smallest absolute Gasteiger partial charge is 0.167 e. The van der Waals surface area contributed by atoms with Crippen LogP contribution in [0, 0.1) is 5.82 Å². The minimum absolute atomic E-state index is 0.0472. The number of benzene rings is 1. The summed E-state index contributed by atoms with van der Waals surface area (Å²) in [6.45, 7) is 0.789. The van der Waals surface area contributed by atoms with Crippen molar-refractivity contribution in [2.45, 2.75) is 30.9 Å². The molecule has 1 aromatic rings. The first-order valence-corrected chi connectivity index (χ1v) is 8.18. The third-order valence-electron chi connectivity index (χ3n) is 4.08. The van der Waals surface area contributed by atoms with E-state index in [1.807, 2.05) is 17.8 Å². The highest BCUT2D eigenvalue weighted by Crippen LogP contribution is 2.39. The minimum Gasteiger partial charge on any atom is -0.494 e. The summed E-state index contributed by atoms with van der Waals surface area (Å²) in [5, 5.41) is 3.44. The highest BCUT2D eigenvalue weighted by molar-refractivity contribution is 7.99. The van der Waals surface area contributed by atoms with Crippen molar-refractivity contribution in [3.8, 4) is 5.75 Å². The molecule has 0 bridgehead atoms. The van der Waals surface area contributed by atoms with Gasteiger partial charge in [-0.25, -0.2) is 4.39 Å². The van der Waals surface area contributed by atoms with Gasteiger partial charge in [-0.1, -0.05) is 0 Å². The maximum Gasteiger partial charge on any atom is 0.167 e. The molecule has 2 fully saturated rings. The van der Waals surface area contributed by atoms with Crippen LogP contribution in [0.4, 0.5) is 10.1 Å². The molecule has 20 heavy (non-hydrogen) atoms. The first kappa shape index (κ1) is 14.0. The Morgan fingerprint density at radius 1 is 1.50 bits per heavy atom. The number of nitrogens with one attached hydrogen (secondary N) is 1. The van der Waals surface area contributed by atoms with Crippen LogP contribution in [0.25, 0.3) is 0 Å². The predicted octanol–water partition coefficient (Wildman–Crippen LogP) is 3.30. The number of anilines is 1. The summed E-state index contributed by atoms with van der Waals surface area (Å²) in [6, 6.07) is 5.39. The van der Waals surface area contributed by atoms with Gasteiger partial charge in [0.15, 0.2) is 11.6 Å². The van der Waals surface area contributed by atoms with Crippen LogP contribution in [-0.2, 0) is 4.74 Å². The van der Waals surface area contributed by atoms with Crippen molar-refractivity contribution in [3.63, 3.8) is 0 Å². The van der Waals surface area contributed by atoms with E-state index in [1.165, 1.54) is 18.9 Å². The van der Waals surface area contributed by atoms with E-state index in [1.54, 1.807) is 6.07 Å². The molecule has 1 aromatic carbocycles. The van der Waals surface area contributed by atoms with E-state index in [0.717, 1.165) is 37.3 Å². The second kappa shape index (κ2) is 5.82. The van der Waals surface area contributed by atoms with E-state index in [9.17, 15) is 4.39 Å². The van der Waals surface area contributed by atoms with Crippen molar-refractivity contribution >= 4 is 17.4 Å². The quantitative estimate of drug-likeness (QED) is 0.927. The lowest BCUT2D eigenvalue weighted by molar-refractivity contribution is -0.0628. The summed E-state index contributed by atoms with van der Waals surface area (Å²) in [5.41, 5.74) is 0.863. The van der Waals surface area contributed by atoms with E-state index in [4.69, 9.17) is 9.47 Å². The van der Waals surface area contributed by atoms with E-state index in [2.05, 4.69) is 5.32 Å². The van der Waals surface area contributed by atoms with Gasteiger partial charge < -0.3 is 14.8 Å². The lowest BCUT2D eigenvalue weighted by atomic mass is 9.90. The van der Waals surface area contributed by atoms with Crippen LogP contribution in [0.1, 0.15) is 19.3 Å². The molecule has 1 spiro atoms. The van der Waals surface area contributed by atoms with E-state index in [0.29, 0.717) is 6.04 Å². The van der Waals surface area contributed by atoms with Crippen molar-refractivity contribution in [1.29, 1.82) is 0 Å². The van der Waals surface area contributed by atoms with Gasteiger partial charge in [-0.3, -0.25) is 0 Å². The van der Waals surface area contributed by atoms with E-state index >= 15 is 0 Å². The number of hydrogen-bond donors (Lipinski definition) is 1. The molecule has 2 atom stereocenters. The monoisotopic (exact) mass is 297 g/mol. The van der Waals surface area contributed by atoms with Gasteiger partial charge in [0.25, 0.3) is 0 Å². The van der Waals surface area contributed by atoms with Gasteiger partial charge in [-0.2, -0.15) is 11.8 Å². The molecule has 2 saturated heterocycles. The van der Waals surface area contributed by atoms with Crippen molar-refractivity contribution in [2.24, 2.45) is 0 Å². The lowest BCUT2D eigenvalue weighted by Crippen LogP contribution is -2.44. The first-order valence-electron chi connectivity index (χ1n) is 7.03. The molecule has 0 aromatic heterocycles. The third-order valence-corrected chi connectivity index (χ3v) is 5.31. The zero-order valence-corrected chi connectivity index (χ0v) is 12.5. The topological polar surface area (TPSA) is 30.5 Å². The Kier molecular flexibility index (Phi) is 4.08. The Balaban J connectivity index is 1.66. The molecule has 5 heteroatoms. The fourth-order valence-corrected chi connectivity index (χ4v) is 4.38. The number of rotatable bonds is 3. The van der Waals surface area contributed by atoms with Gasteiger partial charge in [0.05, 0.1) is 12.7 Å².